The SMILES string of the molecule is O=C(NC1CCC(F)(F)CC1)C12CCCC(C(O)CC3c4ccccc4-c4cncn43)(CC1)CC2. The maximum Gasteiger partial charge on any atom is 0.248 e. The summed E-state index contributed by atoms with van der Waals surface area (Å²) in [5.74, 6) is -2.52. The average Bonchev–Trinajstić information content (AvgIpc) is 3.31. The lowest BCUT2D eigenvalue weighted by Gasteiger charge is -2.45. The van der Waals surface area contributed by atoms with E-state index in [0.717, 1.165) is 50.6 Å². The molecule has 2 N–H and O–H groups in total. The molecule has 5 aliphatic rings. The highest BCUT2D eigenvalue weighted by molar-refractivity contribution is 5.83. The maximum absolute atomic E-state index is 13.5. The molecule has 2 bridgehead atoms. The van der Waals surface area contributed by atoms with Crippen LogP contribution in [0.2, 0.25) is 0 Å². The molecule has 7 rings (SSSR count). The minimum absolute atomic E-state index is 0.0606. The molecular formula is C28H35F2N3O2. The highest BCUT2D eigenvalue weighted by atomic mass is 19.3. The summed E-state index contributed by atoms with van der Waals surface area (Å²) in [5.41, 5.74) is 2.98. The minimum atomic E-state index is -2.58. The summed E-state index contributed by atoms with van der Waals surface area (Å²) in [5, 5.41) is 14.8. The molecule has 0 spiro atoms. The van der Waals surface area contributed by atoms with Crippen molar-refractivity contribution in [3.63, 3.8) is 0 Å². The van der Waals surface area contributed by atoms with Crippen molar-refractivity contribution in [2.24, 2.45) is 10.8 Å². The molecule has 188 valence electrons. The highest BCUT2D eigenvalue weighted by Crippen LogP contribution is 2.57. The van der Waals surface area contributed by atoms with E-state index >= 15 is 0 Å². The second-order valence-corrected chi connectivity index (χ2v) is 11.6. The number of imidazole rings is 1. The molecule has 4 saturated carbocycles. The summed E-state index contributed by atoms with van der Waals surface area (Å²) < 4.78 is 29.3. The van der Waals surface area contributed by atoms with Gasteiger partial charge < -0.3 is 15.0 Å². The quantitative estimate of drug-likeness (QED) is 0.579. The van der Waals surface area contributed by atoms with Crippen LogP contribution in [-0.4, -0.2) is 38.6 Å². The van der Waals surface area contributed by atoms with Crippen LogP contribution >= 0.6 is 0 Å². The molecular weight excluding hydrogens is 448 g/mol. The highest BCUT2D eigenvalue weighted by Gasteiger charge is 2.53. The number of aromatic nitrogens is 2. The van der Waals surface area contributed by atoms with E-state index in [-0.39, 0.29) is 36.2 Å². The van der Waals surface area contributed by atoms with Gasteiger partial charge >= 0.3 is 0 Å². The van der Waals surface area contributed by atoms with Gasteiger partial charge in [-0.15, -0.1) is 0 Å². The normalized spacial score (nSPS) is 32.5. The summed E-state index contributed by atoms with van der Waals surface area (Å²) in [6.45, 7) is 0. The Labute approximate surface area is 205 Å². The Morgan fingerprint density at radius 2 is 1.83 bits per heavy atom. The van der Waals surface area contributed by atoms with Gasteiger partial charge in [-0.2, -0.15) is 0 Å². The van der Waals surface area contributed by atoms with Crippen molar-refractivity contribution in [1.29, 1.82) is 0 Å². The zero-order valence-corrected chi connectivity index (χ0v) is 20.2. The van der Waals surface area contributed by atoms with Crippen LogP contribution in [0.1, 0.15) is 88.7 Å². The van der Waals surface area contributed by atoms with Crippen molar-refractivity contribution in [3.8, 4) is 11.3 Å². The topological polar surface area (TPSA) is 67.2 Å². The second-order valence-electron chi connectivity index (χ2n) is 11.6. The molecule has 35 heavy (non-hydrogen) atoms. The fraction of sp³-hybridized carbons (Fsp3) is 0.643. The van der Waals surface area contributed by atoms with Crippen molar-refractivity contribution in [2.75, 3.05) is 0 Å². The number of benzene rings is 1. The average molecular weight is 484 g/mol. The van der Waals surface area contributed by atoms with Crippen LogP contribution in [0.15, 0.2) is 36.8 Å². The molecule has 1 aliphatic heterocycles. The summed E-state index contributed by atoms with van der Waals surface area (Å²) in [6.07, 6.45) is 10.3. The smallest absolute Gasteiger partial charge is 0.248 e. The summed E-state index contributed by atoms with van der Waals surface area (Å²) >= 11 is 0. The predicted molar refractivity (Wildman–Crippen MR) is 129 cm³/mol. The van der Waals surface area contributed by atoms with E-state index in [9.17, 15) is 18.7 Å². The van der Waals surface area contributed by atoms with E-state index in [1.165, 1.54) is 11.1 Å². The first-order valence-corrected chi connectivity index (χ1v) is 13.3. The van der Waals surface area contributed by atoms with Gasteiger partial charge in [0.05, 0.1) is 30.4 Å². The number of aliphatic hydroxyl groups excluding tert-OH is 1. The number of fused-ring (bicyclic) bond motifs is 7. The van der Waals surface area contributed by atoms with Crippen molar-refractivity contribution in [2.45, 2.75) is 101 Å². The Hall–Kier alpha value is -2.28. The molecule has 1 aromatic carbocycles. The third kappa shape index (κ3) is 3.90. The van der Waals surface area contributed by atoms with E-state index < -0.39 is 17.4 Å². The fourth-order valence-corrected chi connectivity index (χ4v) is 7.50. The lowest BCUT2D eigenvalue weighted by Crippen LogP contribution is -2.50. The third-order valence-electron chi connectivity index (χ3n) is 9.82. The lowest BCUT2D eigenvalue weighted by atomic mass is 9.62. The van der Waals surface area contributed by atoms with Gasteiger partial charge in [0.25, 0.3) is 0 Å². The lowest BCUT2D eigenvalue weighted by molar-refractivity contribution is -0.137. The number of rotatable bonds is 5. The Morgan fingerprint density at radius 3 is 2.60 bits per heavy atom. The number of hydrogen-bond donors (Lipinski definition) is 2. The molecule has 0 saturated heterocycles. The summed E-state index contributed by atoms with van der Waals surface area (Å²) in [6, 6.07) is 8.33. The van der Waals surface area contributed by atoms with Crippen LogP contribution in [-0.2, 0) is 4.79 Å². The van der Waals surface area contributed by atoms with Crippen LogP contribution in [0.3, 0.4) is 0 Å². The van der Waals surface area contributed by atoms with Crippen molar-refractivity contribution < 1.29 is 18.7 Å². The summed E-state index contributed by atoms with van der Waals surface area (Å²) in [4.78, 5) is 17.7. The summed E-state index contributed by atoms with van der Waals surface area (Å²) in [7, 11) is 0. The van der Waals surface area contributed by atoms with Gasteiger partial charge in [0.15, 0.2) is 0 Å². The van der Waals surface area contributed by atoms with Crippen LogP contribution in [0, 0.1) is 10.8 Å². The zero-order chi connectivity index (χ0) is 24.3. The van der Waals surface area contributed by atoms with E-state index in [1.807, 2.05) is 18.6 Å². The molecule has 4 aliphatic carbocycles. The number of aliphatic hydroxyl groups is 1. The number of alkyl halides is 2. The van der Waals surface area contributed by atoms with E-state index in [0.29, 0.717) is 19.3 Å². The zero-order valence-electron chi connectivity index (χ0n) is 20.2. The van der Waals surface area contributed by atoms with Crippen LogP contribution in [0.4, 0.5) is 8.78 Å². The van der Waals surface area contributed by atoms with Gasteiger partial charge in [-0.05, 0) is 68.8 Å². The van der Waals surface area contributed by atoms with Gasteiger partial charge in [-0.3, -0.25) is 4.79 Å². The molecule has 2 atom stereocenters. The maximum atomic E-state index is 13.5. The number of nitrogens with zero attached hydrogens (tertiary/aromatic N) is 2. The molecule has 2 aromatic rings. The molecule has 2 heterocycles. The number of amides is 1. The predicted octanol–water partition coefficient (Wildman–Crippen LogP) is 5.63. The van der Waals surface area contributed by atoms with Crippen LogP contribution in [0.25, 0.3) is 11.3 Å². The number of carbonyl (C=O) groups excluding carboxylic acids is 1. The van der Waals surface area contributed by atoms with Crippen molar-refractivity contribution in [1.82, 2.24) is 14.9 Å². The molecule has 0 radical (unpaired) electrons. The van der Waals surface area contributed by atoms with E-state index in [4.69, 9.17) is 0 Å². The minimum Gasteiger partial charge on any atom is -0.392 e. The number of nitrogens with one attached hydrogen (secondary N) is 1. The largest absolute Gasteiger partial charge is 0.392 e. The van der Waals surface area contributed by atoms with E-state index in [1.54, 1.807) is 0 Å². The Morgan fingerprint density at radius 1 is 1.09 bits per heavy atom. The van der Waals surface area contributed by atoms with Gasteiger partial charge in [0.1, 0.15) is 0 Å². The first-order chi connectivity index (χ1) is 16.8. The first-order valence-electron chi connectivity index (χ1n) is 13.3. The molecule has 2 unspecified atom stereocenters. The molecule has 5 nitrogen and oxygen atoms in total. The van der Waals surface area contributed by atoms with Crippen molar-refractivity contribution >= 4 is 5.91 Å². The van der Waals surface area contributed by atoms with Gasteiger partial charge in [0, 0.05) is 29.9 Å². The Bertz CT molecular complexity index is 1100. The number of halogens is 2. The van der Waals surface area contributed by atoms with Gasteiger partial charge in [-0.1, -0.05) is 30.7 Å². The van der Waals surface area contributed by atoms with Gasteiger partial charge in [-0.25, -0.2) is 13.8 Å². The number of hydrogen-bond acceptors (Lipinski definition) is 3. The monoisotopic (exact) mass is 483 g/mol. The standard InChI is InChI=1S/C28H35F2N3O2/c29-28(30)10-6-19(7-11-28)32-25(35)27-9-3-8-26(12-14-27,13-15-27)24(34)16-22-20-4-1-2-5-21(20)23-17-31-18-33(22)23/h1-2,4-5,17-19,22,24,34H,3,6-16H2,(H,32,35). The molecule has 1 amide bonds. The molecule has 1 aromatic heterocycles. The fourth-order valence-electron chi connectivity index (χ4n) is 7.50. The van der Waals surface area contributed by atoms with Gasteiger partial charge in [0.2, 0.25) is 11.8 Å². The first kappa shape index (κ1) is 23.1. The second kappa shape index (κ2) is 8.39. The Balaban J connectivity index is 1.14. The van der Waals surface area contributed by atoms with Crippen LogP contribution in [0.5, 0.6) is 0 Å². The Kier molecular flexibility index (Phi) is 5.55. The molecule has 4 fully saturated rings. The van der Waals surface area contributed by atoms with Crippen molar-refractivity contribution in [3.05, 3.63) is 42.4 Å². The van der Waals surface area contributed by atoms with Crippen LogP contribution < -0.4 is 5.32 Å². The third-order valence-corrected chi connectivity index (χ3v) is 9.82. The molecule has 7 heteroatoms. The van der Waals surface area contributed by atoms with E-state index in [2.05, 4.69) is 33.1 Å². The number of carbonyl (C=O) groups is 1.